The summed E-state index contributed by atoms with van der Waals surface area (Å²) >= 11 is 0. The molecule has 134 valence electrons. The van der Waals surface area contributed by atoms with Crippen molar-refractivity contribution in [3.05, 3.63) is 89.5 Å². The van der Waals surface area contributed by atoms with Gasteiger partial charge in [0.25, 0.3) is 0 Å². The second kappa shape index (κ2) is 7.22. The van der Waals surface area contributed by atoms with E-state index in [4.69, 9.17) is 10.5 Å². The average molecular weight is 355 g/mol. The maximum Gasteiger partial charge on any atom is 0.335 e. The van der Waals surface area contributed by atoms with E-state index < -0.39 is 5.97 Å². The molecule has 0 fully saturated rings. The number of benzene rings is 3. The van der Waals surface area contributed by atoms with Crippen LogP contribution in [0.4, 0.5) is 0 Å². The maximum absolute atomic E-state index is 11.8. The zero-order chi connectivity index (χ0) is 18.8. The van der Waals surface area contributed by atoms with Gasteiger partial charge in [-0.1, -0.05) is 54.6 Å². The van der Waals surface area contributed by atoms with Crippen LogP contribution in [0.1, 0.15) is 23.6 Å². The Morgan fingerprint density at radius 2 is 1.81 bits per heavy atom. The van der Waals surface area contributed by atoms with Crippen LogP contribution in [0.2, 0.25) is 0 Å². The Kier molecular flexibility index (Phi) is 4.61. The van der Waals surface area contributed by atoms with Crippen LogP contribution in [0.5, 0.6) is 5.75 Å². The summed E-state index contributed by atoms with van der Waals surface area (Å²) in [5, 5.41) is 0. The molecule has 3 aromatic rings. The van der Waals surface area contributed by atoms with Crippen molar-refractivity contribution < 1.29 is 9.53 Å². The summed E-state index contributed by atoms with van der Waals surface area (Å²) in [4.78, 5) is 11.8. The smallest absolute Gasteiger partial charge is 0.335 e. The van der Waals surface area contributed by atoms with Crippen molar-refractivity contribution in [3.63, 3.8) is 0 Å². The summed E-state index contributed by atoms with van der Waals surface area (Å²) in [6, 6.07) is 20.8. The lowest BCUT2D eigenvalue weighted by Crippen LogP contribution is -2.08. The van der Waals surface area contributed by atoms with E-state index in [9.17, 15) is 4.79 Å². The van der Waals surface area contributed by atoms with Gasteiger partial charge in [-0.15, -0.1) is 0 Å². The van der Waals surface area contributed by atoms with E-state index in [1.807, 2.05) is 18.2 Å². The first-order valence-electron chi connectivity index (χ1n) is 9.09. The quantitative estimate of drug-likeness (QED) is 0.323. The number of hydrogen-bond acceptors (Lipinski definition) is 3. The van der Waals surface area contributed by atoms with E-state index in [0.29, 0.717) is 12.3 Å². The van der Waals surface area contributed by atoms with E-state index in [2.05, 4.69) is 42.5 Å². The van der Waals surface area contributed by atoms with Gasteiger partial charge in [0.05, 0.1) is 0 Å². The zero-order valence-electron chi connectivity index (χ0n) is 15.2. The highest BCUT2D eigenvalue weighted by atomic mass is 16.5. The minimum Gasteiger partial charge on any atom is -0.423 e. The molecule has 0 saturated heterocycles. The summed E-state index contributed by atoms with van der Waals surface area (Å²) in [7, 11) is 0. The van der Waals surface area contributed by atoms with Crippen molar-refractivity contribution in [2.75, 3.05) is 0 Å². The third-order valence-electron chi connectivity index (χ3n) is 4.96. The fraction of sp³-hybridized carbons (Fsp3) is 0.125. The normalized spacial score (nSPS) is 12.1. The molecular formula is C24H21NO2. The molecule has 27 heavy (non-hydrogen) atoms. The van der Waals surface area contributed by atoms with Crippen LogP contribution in [0.15, 0.2) is 72.8 Å². The van der Waals surface area contributed by atoms with Gasteiger partial charge < -0.3 is 10.5 Å². The molecule has 0 radical (unpaired) electrons. The molecule has 0 heterocycles. The summed E-state index contributed by atoms with van der Waals surface area (Å²) < 4.78 is 5.41. The van der Waals surface area contributed by atoms with Gasteiger partial charge in [-0.05, 0) is 58.9 Å². The SMILES string of the molecule is CC=CC(=O)Oc1ccc(-c2cccc3c2Cc2ccccc2-3)cc1CN. The molecule has 3 nitrogen and oxygen atoms in total. The molecular weight excluding hydrogens is 334 g/mol. The topological polar surface area (TPSA) is 52.3 Å². The minimum absolute atomic E-state index is 0.307. The summed E-state index contributed by atoms with van der Waals surface area (Å²) in [6.45, 7) is 2.09. The number of rotatable bonds is 4. The molecule has 3 heteroatoms. The third-order valence-corrected chi connectivity index (χ3v) is 4.96. The fourth-order valence-electron chi connectivity index (χ4n) is 3.71. The van der Waals surface area contributed by atoms with Gasteiger partial charge in [0.15, 0.2) is 0 Å². The van der Waals surface area contributed by atoms with Crippen LogP contribution in [0, 0.1) is 0 Å². The second-order valence-electron chi connectivity index (χ2n) is 6.61. The highest BCUT2D eigenvalue weighted by molar-refractivity contribution is 5.86. The first-order valence-corrected chi connectivity index (χ1v) is 9.09. The maximum atomic E-state index is 11.8. The highest BCUT2D eigenvalue weighted by Gasteiger charge is 2.21. The number of esters is 1. The number of nitrogens with two attached hydrogens (primary N) is 1. The largest absolute Gasteiger partial charge is 0.423 e. The van der Waals surface area contributed by atoms with Gasteiger partial charge >= 0.3 is 5.97 Å². The molecule has 0 amide bonds. The molecule has 2 N–H and O–H groups in total. The first kappa shape index (κ1) is 17.3. The van der Waals surface area contributed by atoms with Crippen molar-refractivity contribution in [3.8, 4) is 28.0 Å². The van der Waals surface area contributed by atoms with Crippen molar-refractivity contribution in [2.45, 2.75) is 19.9 Å². The zero-order valence-corrected chi connectivity index (χ0v) is 15.2. The summed E-state index contributed by atoms with van der Waals surface area (Å²) in [5.74, 6) is 0.121. The molecule has 0 spiro atoms. The molecule has 1 aliphatic rings. The van der Waals surface area contributed by atoms with E-state index in [0.717, 1.165) is 17.5 Å². The Labute approximate surface area is 159 Å². The Bertz CT molecular complexity index is 1050. The monoisotopic (exact) mass is 355 g/mol. The fourth-order valence-corrected chi connectivity index (χ4v) is 3.71. The van der Waals surface area contributed by atoms with Gasteiger partial charge in [0.1, 0.15) is 5.75 Å². The van der Waals surface area contributed by atoms with Crippen LogP contribution >= 0.6 is 0 Å². The molecule has 0 unspecified atom stereocenters. The number of carbonyl (C=O) groups excluding carboxylic acids is 1. The Balaban J connectivity index is 1.74. The second-order valence-corrected chi connectivity index (χ2v) is 6.61. The summed E-state index contributed by atoms with van der Waals surface area (Å²) in [6.07, 6.45) is 3.98. The van der Waals surface area contributed by atoms with Crippen molar-refractivity contribution in [1.82, 2.24) is 0 Å². The number of carbonyl (C=O) groups is 1. The third kappa shape index (κ3) is 3.18. The highest BCUT2D eigenvalue weighted by Crippen LogP contribution is 2.42. The van der Waals surface area contributed by atoms with E-state index >= 15 is 0 Å². The first-order chi connectivity index (χ1) is 13.2. The van der Waals surface area contributed by atoms with Crippen molar-refractivity contribution in [1.29, 1.82) is 0 Å². The van der Waals surface area contributed by atoms with Gasteiger partial charge in [-0.25, -0.2) is 4.79 Å². The lowest BCUT2D eigenvalue weighted by molar-refractivity contribution is -0.129. The number of ether oxygens (including phenoxy) is 1. The van der Waals surface area contributed by atoms with E-state index in [-0.39, 0.29) is 0 Å². The molecule has 0 aromatic heterocycles. The molecule has 0 aliphatic heterocycles. The lowest BCUT2D eigenvalue weighted by Gasteiger charge is -2.13. The molecule has 1 aliphatic carbocycles. The predicted octanol–water partition coefficient (Wildman–Crippen LogP) is 4.87. The van der Waals surface area contributed by atoms with Crippen molar-refractivity contribution in [2.24, 2.45) is 5.73 Å². The van der Waals surface area contributed by atoms with Crippen LogP contribution in [0.3, 0.4) is 0 Å². The Morgan fingerprint density at radius 1 is 1.04 bits per heavy atom. The van der Waals surface area contributed by atoms with Crippen LogP contribution < -0.4 is 10.5 Å². The Hall–Kier alpha value is -3.17. The van der Waals surface area contributed by atoms with E-state index in [1.165, 1.54) is 33.9 Å². The summed E-state index contributed by atoms with van der Waals surface area (Å²) in [5.41, 5.74) is 14.3. The Morgan fingerprint density at radius 3 is 2.63 bits per heavy atom. The van der Waals surface area contributed by atoms with Crippen molar-refractivity contribution >= 4 is 5.97 Å². The van der Waals surface area contributed by atoms with Crippen LogP contribution in [0.25, 0.3) is 22.3 Å². The number of hydrogen-bond donors (Lipinski definition) is 1. The molecule has 0 saturated carbocycles. The van der Waals surface area contributed by atoms with Gasteiger partial charge in [0, 0.05) is 18.2 Å². The predicted molar refractivity (Wildman–Crippen MR) is 108 cm³/mol. The van der Waals surface area contributed by atoms with E-state index in [1.54, 1.807) is 13.0 Å². The van der Waals surface area contributed by atoms with Gasteiger partial charge in [-0.3, -0.25) is 0 Å². The minimum atomic E-state index is -0.393. The molecule has 4 rings (SSSR count). The molecule has 0 bridgehead atoms. The van der Waals surface area contributed by atoms with Gasteiger partial charge in [0.2, 0.25) is 0 Å². The lowest BCUT2D eigenvalue weighted by atomic mass is 9.94. The molecule has 3 aromatic carbocycles. The van der Waals surface area contributed by atoms with Gasteiger partial charge in [-0.2, -0.15) is 0 Å². The molecule has 0 atom stereocenters. The van der Waals surface area contributed by atoms with Crippen LogP contribution in [-0.4, -0.2) is 5.97 Å². The standard InChI is InChI=1S/C24H21NO2/c1-2-6-24(26)27-23-12-11-17(13-18(23)15-25)20-9-5-10-21-19-8-4-3-7-16(19)14-22(20)21/h2-13H,14-15,25H2,1H3. The number of fused-ring (bicyclic) bond motifs is 3. The van der Waals surface area contributed by atoms with Crippen LogP contribution in [-0.2, 0) is 17.8 Å². The number of allylic oxidation sites excluding steroid dienone is 1. The average Bonchev–Trinajstić information content (AvgIpc) is 3.07.